The van der Waals surface area contributed by atoms with E-state index in [0.717, 1.165) is 35.2 Å². The molecular formula is C21H27N3O3S. The molecule has 6 nitrogen and oxygen atoms in total. The molecule has 0 amide bonds. The van der Waals surface area contributed by atoms with Crippen molar-refractivity contribution in [2.75, 3.05) is 25.9 Å². The van der Waals surface area contributed by atoms with Crippen molar-refractivity contribution in [2.45, 2.75) is 32.2 Å². The quantitative estimate of drug-likeness (QED) is 0.660. The molecular weight excluding hydrogens is 374 g/mol. The van der Waals surface area contributed by atoms with Gasteiger partial charge in [0.1, 0.15) is 5.76 Å². The summed E-state index contributed by atoms with van der Waals surface area (Å²) >= 11 is 0. The van der Waals surface area contributed by atoms with Gasteiger partial charge in [0.25, 0.3) is 0 Å². The van der Waals surface area contributed by atoms with Crippen LogP contribution in [-0.4, -0.2) is 43.6 Å². The average Bonchev–Trinajstić information content (AvgIpc) is 3.35. The largest absolute Gasteiger partial charge is 0.467 e. The summed E-state index contributed by atoms with van der Waals surface area (Å²) in [4.78, 5) is 3.38. The van der Waals surface area contributed by atoms with Gasteiger partial charge in [-0.3, -0.25) is 0 Å². The van der Waals surface area contributed by atoms with Gasteiger partial charge in [-0.15, -0.1) is 0 Å². The van der Waals surface area contributed by atoms with Crippen LogP contribution in [0.1, 0.15) is 37.0 Å². The number of sulfonamides is 1. The second kappa shape index (κ2) is 7.73. The van der Waals surface area contributed by atoms with E-state index in [1.54, 1.807) is 17.5 Å². The first-order valence-electron chi connectivity index (χ1n) is 9.83. The lowest BCUT2D eigenvalue weighted by atomic mass is 9.89. The van der Waals surface area contributed by atoms with E-state index in [1.807, 2.05) is 7.05 Å². The molecule has 4 rings (SSSR count). The Bertz CT molecular complexity index is 1060. The Balaban J connectivity index is 1.58. The molecule has 0 saturated carbocycles. The first-order chi connectivity index (χ1) is 13.5. The highest BCUT2D eigenvalue weighted by molar-refractivity contribution is 7.89. The number of nitrogens with zero attached hydrogens (tertiary/aromatic N) is 1. The van der Waals surface area contributed by atoms with Gasteiger partial charge in [-0.1, -0.05) is 6.07 Å². The molecule has 0 radical (unpaired) electrons. The second-order valence-corrected chi connectivity index (χ2v) is 9.67. The zero-order valence-electron chi connectivity index (χ0n) is 16.4. The smallest absolute Gasteiger partial charge is 0.213 e. The SMILES string of the molecule is CCS(=O)(=O)N1CCC(c2c[nH]c3ccc(-c4coc(CNC)c4)cc23)CC1. The number of aromatic amines is 1. The third-order valence-corrected chi connectivity index (χ3v) is 7.59. The lowest BCUT2D eigenvalue weighted by Crippen LogP contribution is -2.38. The third kappa shape index (κ3) is 3.62. The first-order valence-corrected chi connectivity index (χ1v) is 11.4. The van der Waals surface area contributed by atoms with Gasteiger partial charge in [-0.05, 0) is 62.1 Å². The molecule has 2 aromatic heterocycles. The van der Waals surface area contributed by atoms with Crippen LogP contribution in [0.2, 0.25) is 0 Å². The number of hydrogen-bond acceptors (Lipinski definition) is 4. The molecule has 0 bridgehead atoms. The first kappa shape index (κ1) is 19.2. The summed E-state index contributed by atoms with van der Waals surface area (Å²) in [5.74, 6) is 1.46. The highest BCUT2D eigenvalue weighted by Crippen LogP contribution is 2.36. The maximum Gasteiger partial charge on any atom is 0.213 e. The average molecular weight is 402 g/mol. The Kier molecular flexibility index (Phi) is 5.31. The van der Waals surface area contributed by atoms with Crippen molar-refractivity contribution in [1.82, 2.24) is 14.6 Å². The predicted molar refractivity (Wildman–Crippen MR) is 112 cm³/mol. The van der Waals surface area contributed by atoms with Gasteiger partial charge in [0.05, 0.1) is 18.6 Å². The molecule has 1 aliphatic rings. The molecule has 1 fully saturated rings. The molecule has 150 valence electrons. The van der Waals surface area contributed by atoms with Crippen LogP contribution in [0.3, 0.4) is 0 Å². The van der Waals surface area contributed by atoms with Crippen molar-refractivity contribution in [3.8, 4) is 11.1 Å². The zero-order chi connectivity index (χ0) is 19.7. The number of H-pyrrole nitrogens is 1. The fourth-order valence-corrected chi connectivity index (χ4v) is 5.22. The predicted octanol–water partition coefficient (Wildman–Crippen LogP) is 3.68. The monoisotopic (exact) mass is 401 g/mol. The van der Waals surface area contributed by atoms with Crippen LogP contribution >= 0.6 is 0 Å². The van der Waals surface area contributed by atoms with Crippen LogP contribution < -0.4 is 5.32 Å². The number of fused-ring (bicyclic) bond motifs is 1. The fourth-order valence-electron chi connectivity index (χ4n) is 4.09. The fraction of sp³-hybridized carbons (Fsp3) is 0.429. The van der Waals surface area contributed by atoms with E-state index in [4.69, 9.17) is 4.42 Å². The Morgan fingerprint density at radius 2 is 2.00 bits per heavy atom. The Morgan fingerprint density at radius 1 is 1.21 bits per heavy atom. The summed E-state index contributed by atoms with van der Waals surface area (Å²) in [6, 6.07) is 8.49. The highest BCUT2D eigenvalue weighted by Gasteiger charge is 2.28. The maximum absolute atomic E-state index is 12.1. The molecule has 1 saturated heterocycles. The van der Waals surface area contributed by atoms with Gasteiger partial charge in [0, 0.05) is 35.8 Å². The van der Waals surface area contributed by atoms with Gasteiger partial charge in [-0.2, -0.15) is 0 Å². The minimum absolute atomic E-state index is 0.175. The van der Waals surface area contributed by atoms with Crippen molar-refractivity contribution in [2.24, 2.45) is 0 Å². The molecule has 7 heteroatoms. The van der Waals surface area contributed by atoms with Gasteiger partial charge in [0.2, 0.25) is 10.0 Å². The van der Waals surface area contributed by atoms with Gasteiger partial charge >= 0.3 is 0 Å². The molecule has 0 aliphatic carbocycles. The summed E-state index contributed by atoms with van der Waals surface area (Å²) < 4.78 is 31.5. The Hall–Kier alpha value is -2.09. The van der Waals surface area contributed by atoms with Gasteiger partial charge in [-0.25, -0.2) is 12.7 Å². The van der Waals surface area contributed by atoms with E-state index in [0.29, 0.717) is 25.6 Å². The topological polar surface area (TPSA) is 78.3 Å². The van der Waals surface area contributed by atoms with Crippen molar-refractivity contribution in [3.05, 3.63) is 48.0 Å². The number of piperidine rings is 1. The van der Waals surface area contributed by atoms with Crippen LogP contribution in [0.4, 0.5) is 0 Å². The molecule has 0 atom stereocenters. The lowest BCUT2D eigenvalue weighted by Gasteiger charge is -2.30. The number of hydrogen-bond donors (Lipinski definition) is 2. The number of benzene rings is 1. The van der Waals surface area contributed by atoms with E-state index in [-0.39, 0.29) is 5.75 Å². The van der Waals surface area contributed by atoms with E-state index in [1.165, 1.54) is 10.9 Å². The van der Waals surface area contributed by atoms with Gasteiger partial charge < -0.3 is 14.7 Å². The molecule has 2 N–H and O–H groups in total. The summed E-state index contributed by atoms with van der Waals surface area (Å²) in [5, 5.41) is 4.31. The van der Waals surface area contributed by atoms with E-state index < -0.39 is 10.0 Å². The molecule has 1 aromatic carbocycles. The van der Waals surface area contributed by atoms with Crippen LogP contribution in [-0.2, 0) is 16.6 Å². The summed E-state index contributed by atoms with van der Waals surface area (Å²) in [7, 11) is -1.19. The summed E-state index contributed by atoms with van der Waals surface area (Å²) in [6.45, 7) is 3.61. The molecule has 1 aliphatic heterocycles. The minimum Gasteiger partial charge on any atom is -0.467 e. The van der Waals surface area contributed by atoms with Crippen molar-refractivity contribution in [1.29, 1.82) is 0 Å². The number of rotatable bonds is 6. The van der Waals surface area contributed by atoms with Crippen molar-refractivity contribution < 1.29 is 12.8 Å². The van der Waals surface area contributed by atoms with Crippen molar-refractivity contribution in [3.63, 3.8) is 0 Å². The molecule has 0 spiro atoms. The normalized spacial score (nSPS) is 16.8. The number of furan rings is 1. The molecule has 3 aromatic rings. The standard InChI is InChI=1S/C21H27N3O3S/c1-3-28(25,26)24-8-6-15(7-9-24)20-13-23-21-5-4-16(11-19(20)21)17-10-18(12-22-2)27-14-17/h4-5,10-11,13-15,22-23H,3,6-9,12H2,1-2H3. The van der Waals surface area contributed by atoms with Crippen LogP contribution in [0, 0.1) is 0 Å². The van der Waals surface area contributed by atoms with Crippen molar-refractivity contribution >= 4 is 20.9 Å². The number of nitrogens with one attached hydrogen (secondary N) is 2. The molecule has 0 unspecified atom stereocenters. The minimum atomic E-state index is -3.09. The zero-order valence-corrected chi connectivity index (χ0v) is 17.2. The number of aromatic nitrogens is 1. The molecule has 3 heterocycles. The van der Waals surface area contributed by atoms with E-state index in [9.17, 15) is 8.42 Å². The third-order valence-electron chi connectivity index (χ3n) is 5.70. The Labute approximate surface area is 166 Å². The van der Waals surface area contributed by atoms with E-state index >= 15 is 0 Å². The summed E-state index contributed by atoms with van der Waals surface area (Å²) in [5.41, 5.74) is 4.60. The maximum atomic E-state index is 12.1. The lowest BCUT2D eigenvalue weighted by molar-refractivity contribution is 0.321. The molecule has 28 heavy (non-hydrogen) atoms. The van der Waals surface area contributed by atoms with Gasteiger partial charge in [0.15, 0.2) is 0 Å². The highest BCUT2D eigenvalue weighted by atomic mass is 32.2. The van der Waals surface area contributed by atoms with Crippen LogP contribution in [0.5, 0.6) is 0 Å². The van der Waals surface area contributed by atoms with E-state index in [2.05, 4.69) is 40.8 Å². The van der Waals surface area contributed by atoms with Crippen LogP contribution in [0.15, 0.2) is 41.1 Å². The van der Waals surface area contributed by atoms with Crippen LogP contribution in [0.25, 0.3) is 22.0 Å². The second-order valence-electron chi connectivity index (χ2n) is 7.41. The Morgan fingerprint density at radius 3 is 2.71 bits per heavy atom. The summed E-state index contributed by atoms with van der Waals surface area (Å²) in [6.07, 6.45) is 5.60.